The molecular formula is C19H29N5O2+2. The van der Waals surface area contributed by atoms with Crippen LogP contribution in [0.25, 0.3) is 5.69 Å². The minimum Gasteiger partial charge on any atom is -0.326 e. The van der Waals surface area contributed by atoms with Gasteiger partial charge in [0, 0.05) is 7.05 Å². The smallest absolute Gasteiger partial charge is 0.295 e. The highest BCUT2D eigenvalue weighted by Gasteiger charge is 2.25. The molecule has 3 N–H and O–H groups in total. The first-order chi connectivity index (χ1) is 12.5. The average molecular weight is 359 g/mol. The Morgan fingerprint density at radius 2 is 1.73 bits per heavy atom. The van der Waals surface area contributed by atoms with Crippen molar-refractivity contribution in [1.29, 1.82) is 0 Å². The SMILES string of the molecule is CC[NH+]1CC[NH+](CC(=O)Nc2c(C)n(C)n(-c3ccccc3)c2=O)CC1. The number of rotatable bonds is 5. The van der Waals surface area contributed by atoms with Gasteiger partial charge in [-0.25, -0.2) is 4.68 Å². The van der Waals surface area contributed by atoms with Crippen LogP contribution >= 0.6 is 0 Å². The molecule has 0 bridgehead atoms. The van der Waals surface area contributed by atoms with Crippen LogP contribution < -0.4 is 20.7 Å². The van der Waals surface area contributed by atoms with E-state index in [4.69, 9.17) is 0 Å². The normalized spacial score (nSPS) is 20.1. The summed E-state index contributed by atoms with van der Waals surface area (Å²) in [5, 5.41) is 2.86. The molecule has 1 saturated heterocycles. The molecule has 140 valence electrons. The third-order valence-electron chi connectivity index (χ3n) is 5.39. The largest absolute Gasteiger partial charge is 0.326 e. The Balaban J connectivity index is 1.72. The first kappa shape index (κ1) is 18.4. The fourth-order valence-corrected chi connectivity index (χ4v) is 3.61. The van der Waals surface area contributed by atoms with E-state index in [0.717, 1.165) is 44.1 Å². The van der Waals surface area contributed by atoms with Crippen molar-refractivity contribution in [3.63, 3.8) is 0 Å². The van der Waals surface area contributed by atoms with Crippen molar-refractivity contribution in [2.75, 3.05) is 44.6 Å². The molecule has 0 atom stereocenters. The zero-order chi connectivity index (χ0) is 18.7. The van der Waals surface area contributed by atoms with Crippen LogP contribution in [-0.2, 0) is 11.8 Å². The molecule has 2 heterocycles. The van der Waals surface area contributed by atoms with Gasteiger partial charge in [0.2, 0.25) is 0 Å². The summed E-state index contributed by atoms with van der Waals surface area (Å²) in [5.41, 5.74) is 1.72. The van der Waals surface area contributed by atoms with E-state index in [-0.39, 0.29) is 11.5 Å². The lowest BCUT2D eigenvalue weighted by atomic mass is 10.3. The van der Waals surface area contributed by atoms with E-state index in [2.05, 4.69) is 12.2 Å². The Morgan fingerprint density at radius 1 is 1.12 bits per heavy atom. The van der Waals surface area contributed by atoms with Gasteiger partial charge in [-0.2, -0.15) is 0 Å². The second kappa shape index (κ2) is 7.88. The fourth-order valence-electron chi connectivity index (χ4n) is 3.61. The van der Waals surface area contributed by atoms with Crippen molar-refractivity contribution in [3.05, 3.63) is 46.4 Å². The molecule has 7 heteroatoms. The fraction of sp³-hybridized carbons (Fsp3) is 0.474. The van der Waals surface area contributed by atoms with Crippen LogP contribution in [0.2, 0.25) is 0 Å². The number of amides is 1. The van der Waals surface area contributed by atoms with Gasteiger partial charge in [-0.05, 0) is 26.0 Å². The third-order valence-corrected chi connectivity index (χ3v) is 5.39. The Labute approximate surface area is 153 Å². The summed E-state index contributed by atoms with van der Waals surface area (Å²) in [4.78, 5) is 28.2. The zero-order valence-corrected chi connectivity index (χ0v) is 15.8. The predicted molar refractivity (Wildman–Crippen MR) is 101 cm³/mol. The summed E-state index contributed by atoms with van der Waals surface area (Å²) >= 11 is 0. The number of quaternary nitrogens is 2. The maximum absolute atomic E-state index is 12.8. The van der Waals surface area contributed by atoms with E-state index >= 15 is 0 Å². The summed E-state index contributed by atoms with van der Waals surface area (Å²) in [6.45, 7) is 9.80. The average Bonchev–Trinajstić information content (AvgIpc) is 2.86. The lowest BCUT2D eigenvalue weighted by Gasteiger charge is -2.28. The van der Waals surface area contributed by atoms with E-state index in [1.807, 2.05) is 44.3 Å². The number of anilines is 1. The highest BCUT2D eigenvalue weighted by molar-refractivity contribution is 5.91. The predicted octanol–water partition coefficient (Wildman–Crippen LogP) is -1.77. The van der Waals surface area contributed by atoms with Crippen molar-refractivity contribution in [2.24, 2.45) is 7.05 Å². The monoisotopic (exact) mass is 359 g/mol. The Morgan fingerprint density at radius 3 is 2.35 bits per heavy atom. The zero-order valence-electron chi connectivity index (χ0n) is 15.8. The first-order valence-corrected chi connectivity index (χ1v) is 9.32. The first-order valence-electron chi connectivity index (χ1n) is 9.32. The Kier molecular flexibility index (Phi) is 5.58. The number of hydrogen-bond donors (Lipinski definition) is 3. The number of benzene rings is 1. The van der Waals surface area contributed by atoms with Crippen molar-refractivity contribution in [1.82, 2.24) is 9.36 Å². The summed E-state index contributed by atoms with van der Waals surface area (Å²) in [5.74, 6) is -0.0917. The van der Waals surface area contributed by atoms with Crippen LogP contribution in [0.15, 0.2) is 35.1 Å². The second-order valence-corrected chi connectivity index (χ2v) is 7.02. The molecule has 1 aliphatic rings. The number of nitrogens with one attached hydrogen (secondary N) is 3. The van der Waals surface area contributed by atoms with E-state index in [0.29, 0.717) is 12.2 Å². The number of carbonyl (C=O) groups is 1. The van der Waals surface area contributed by atoms with Gasteiger partial charge in [-0.15, -0.1) is 0 Å². The van der Waals surface area contributed by atoms with Gasteiger partial charge in [-0.1, -0.05) is 18.2 Å². The second-order valence-electron chi connectivity index (χ2n) is 7.02. The van der Waals surface area contributed by atoms with Gasteiger partial charge in [0.05, 0.1) is 17.9 Å². The minimum atomic E-state index is -0.195. The number of carbonyl (C=O) groups excluding carboxylic acids is 1. The molecule has 0 aliphatic carbocycles. The summed E-state index contributed by atoms with van der Waals surface area (Å²) < 4.78 is 3.37. The van der Waals surface area contributed by atoms with Crippen LogP contribution in [0.3, 0.4) is 0 Å². The van der Waals surface area contributed by atoms with Gasteiger partial charge in [0.15, 0.2) is 6.54 Å². The Bertz CT molecular complexity index is 816. The van der Waals surface area contributed by atoms with E-state index in [1.54, 1.807) is 14.3 Å². The van der Waals surface area contributed by atoms with Crippen molar-refractivity contribution in [3.8, 4) is 5.69 Å². The lowest BCUT2D eigenvalue weighted by Crippen LogP contribution is -3.28. The topological polar surface area (TPSA) is 64.9 Å². The summed E-state index contributed by atoms with van der Waals surface area (Å²) in [7, 11) is 1.83. The molecule has 2 aromatic rings. The van der Waals surface area contributed by atoms with Crippen molar-refractivity contribution >= 4 is 11.6 Å². The molecule has 0 unspecified atom stereocenters. The number of piperazine rings is 1. The van der Waals surface area contributed by atoms with Crippen LogP contribution in [0.5, 0.6) is 0 Å². The van der Waals surface area contributed by atoms with Gasteiger partial charge >= 0.3 is 0 Å². The molecule has 1 amide bonds. The minimum absolute atomic E-state index is 0.0917. The third kappa shape index (κ3) is 3.73. The van der Waals surface area contributed by atoms with Crippen molar-refractivity contribution < 1.29 is 14.6 Å². The molecule has 26 heavy (non-hydrogen) atoms. The molecule has 0 radical (unpaired) electrons. The molecule has 3 rings (SSSR count). The van der Waals surface area contributed by atoms with E-state index in [9.17, 15) is 9.59 Å². The standard InChI is InChI=1S/C19H27N5O2/c1-4-22-10-12-23(13-11-22)14-17(25)20-18-15(2)21(3)24(19(18)26)16-8-6-5-7-9-16/h5-9H,4,10-14H2,1-3H3,(H,20,25)/p+2. The maximum Gasteiger partial charge on any atom is 0.295 e. The molecule has 1 aromatic carbocycles. The molecule has 7 nitrogen and oxygen atoms in total. The Hall–Kier alpha value is -2.38. The van der Waals surface area contributed by atoms with Gasteiger partial charge in [0.1, 0.15) is 31.9 Å². The maximum atomic E-state index is 12.8. The van der Waals surface area contributed by atoms with Crippen LogP contribution in [-0.4, -0.2) is 54.5 Å². The van der Waals surface area contributed by atoms with E-state index in [1.165, 1.54) is 4.90 Å². The number of likely N-dealkylation sites (N-methyl/N-ethyl adjacent to an activating group) is 1. The highest BCUT2D eigenvalue weighted by atomic mass is 16.2. The molecule has 0 saturated carbocycles. The van der Waals surface area contributed by atoms with Gasteiger partial charge in [0.25, 0.3) is 11.5 Å². The summed E-state index contributed by atoms with van der Waals surface area (Å²) in [6.07, 6.45) is 0. The van der Waals surface area contributed by atoms with Gasteiger partial charge < -0.3 is 15.1 Å². The molecular weight excluding hydrogens is 330 g/mol. The van der Waals surface area contributed by atoms with Crippen LogP contribution in [0.4, 0.5) is 5.69 Å². The van der Waals surface area contributed by atoms with Crippen LogP contribution in [0.1, 0.15) is 12.6 Å². The number of aromatic nitrogens is 2. The molecule has 1 aromatic heterocycles. The van der Waals surface area contributed by atoms with Crippen LogP contribution in [0, 0.1) is 6.92 Å². The quantitative estimate of drug-likeness (QED) is 0.591. The van der Waals surface area contributed by atoms with Crippen molar-refractivity contribution in [2.45, 2.75) is 13.8 Å². The van der Waals surface area contributed by atoms with E-state index < -0.39 is 0 Å². The molecule has 1 aliphatic heterocycles. The molecule has 1 fully saturated rings. The number of hydrogen-bond acceptors (Lipinski definition) is 2. The lowest BCUT2D eigenvalue weighted by molar-refractivity contribution is -1.01. The number of para-hydroxylation sites is 1. The number of nitrogens with zero attached hydrogens (tertiary/aromatic N) is 2. The van der Waals surface area contributed by atoms with Gasteiger partial charge in [-0.3, -0.25) is 14.3 Å². The molecule has 0 spiro atoms. The summed E-state index contributed by atoms with van der Waals surface area (Å²) in [6, 6.07) is 9.46. The highest BCUT2D eigenvalue weighted by Crippen LogP contribution is 2.13.